The molecular formula is C14H19N3O3S2. The van der Waals surface area contributed by atoms with E-state index in [1.54, 1.807) is 39.8 Å². The fourth-order valence-corrected chi connectivity index (χ4v) is 4.74. The van der Waals surface area contributed by atoms with E-state index in [4.69, 9.17) is 0 Å². The number of rotatable bonds is 5. The molecule has 2 aromatic rings. The smallest absolute Gasteiger partial charge is 0.266 e. The molecule has 6 nitrogen and oxygen atoms in total. The van der Waals surface area contributed by atoms with Crippen molar-refractivity contribution in [1.29, 1.82) is 0 Å². The molecule has 1 N–H and O–H groups in total. The predicted molar refractivity (Wildman–Crippen MR) is 88.1 cm³/mol. The second kappa shape index (κ2) is 6.31. The van der Waals surface area contributed by atoms with Crippen LogP contribution in [0, 0.1) is 0 Å². The lowest BCUT2D eigenvalue weighted by molar-refractivity contribution is 0.0975. The van der Waals surface area contributed by atoms with Crippen molar-refractivity contribution >= 4 is 37.7 Å². The predicted octanol–water partition coefficient (Wildman–Crippen LogP) is 2.39. The number of hydrogen-bond donors (Lipinski definition) is 1. The van der Waals surface area contributed by atoms with Gasteiger partial charge < -0.3 is 0 Å². The van der Waals surface area contributed by atoms with E-state index in [1.165, 1.54) is 15.8 Å². The van der Waals surface area contributed by atoms with Gasteiger partial charge >= 0.3 is 10.2 Å². The van der Waals surface area contributed by atoms with Gasteiger partial charge in [0.2, 0.25) is 0 Å². The molecule has 0 fully saturated rings. The van der Waals surface area contributed by atoms with E-state index in [-0.39, 0.29) is 17.8 Å². The highest BCUT2D eigenvalue weighted by Crippen LogP contribution is 2.22. The minimum Gasteiger partial charge on any atom is -0.266 e. The highest BCUT2D eigenvalue weighted by atomic mass is 32.2. The lowest BCUT2D eigenvalue weighted by Gasteiger charge is -2.29. The minimum absolute atomic E-state index is 0.136. The number of carbonyl (C=O) groups is 1. The molecule has 2 rings (SSSR count). The normalized spacial score (nSPS) is 12.5. The third-order valence-electron chi connectivity index (χ3n) is 3.11. The SMILES string of the molecule is CC(C)N(C(C)C)S(=O)(=O)NC(=O)c1nsc2ccccc12. The van der Waals surface area contributed by atoms with Gasteiger partial charge in [-0.05, 0) is 45.3 Å². The average molecular weight is 341 g/mol. The Kier molecular flexibility index (Phi) is 4.84. The van der Waals surface area contributed by atoms with Gasteiger partial charge in [0.15, 0.2) is 5.69 Å². The van der Waals surface area contributed by atoms with Gasteiger partial charge in [-0.25, -0.2) is 4.72 Å². The number of nitrogens with zero attached hydrogens (tertiary/aromatic N) is 2. The number of hydrogen-bond acceptors (Lipinski definition) is 5. The number of fused-ring (bicyclic) bond motifs is 1. The Morgan fingerprint density at radius 2 is 1.77 bits per heavy atom. The summed E-state index contributed by atoms with van der Waals surface area (Å²) < 4.78 is 33.1. The summed E-state index contributed by atoms with van der Waals surface area (Å²) in [6, 6.07) is 6.72. The van der Waals surface area contributed by atoms with Crippen molar-refractivity contribution in [3.8, 4) is 0 Å². The summed E-state index contributed by atoms with van der Waals surface area (Å²) in [7, 11) is -3.92. The molecule has 1 aromatic heterocycles. The van der Waals surface area contributed by atoms with E-state index in [0.717, 1.165) is 4.70 Å². The van der Waals surface area contributed by atoms with E-state index in [1.807, 2.05) is 12.1 Å². The van der Waals surface area contributed by atoms with Crippen LogP contribution < -0.4 is 4.72 Å². The number of nitrogens with one attached hydrogen (secondary N) is 1. The quantitative estimate of drug-likeness (QED) is 0.905. The van der Waals surface area contributed by atoms with Crippen LogP contribution in [0.15, 0.2) is 24.3 Å². The zero-order valence-corrected chi connectivity index (χ0v) is 14.5. The van der Waals surface area contributed by atoms with E-state index < -0.39 is 16.1 Å². The van der Waals surface area contributed by atoms with Crippen LogP contribution in [0.2, 0.25) is 0 Å². The zero-order valence-electron chi connectivity index (χ0n) is 12.9. The van der Waals surface area contributed by atoms with E-state index >= 15 is 0 Å². The van der Waals surface area contributed by atoms with E-state index in [2.05, 4.69) is 9.10 Å². The number of benzene rings is 1. The highest BCUT2D eigenvalue weighted by Gasteiger charge is 2.30. The van der Waals surface area contributed by atoms with E-state index in [0.29, 0.717) is 5.39 Å². The first-order valence-electron chi connectivity index (χ1n) is 6.94. The molecule has 0 saturated heterocycles. The minimum atomic E-state index is -3.92. The third kappa shape index (κ3) is 3.29. The molecule has 1 amide bonds. The lowest BCUT2D eigenvalue weighted by Crippen LogP contribution is -2.49. The van der Waals surface area contributed by atoms with Crippen molar-refractivity contribution in [1.82, 2.24) is 13.4 Å². The van der Waals surface area contributed by atoms with Crippen molar-refractivity contribution in [3.05, 3.63) is 30.0 Å². The average Bonchev–Trinajstić information content (AvgIpc) is 2.80. The maximum atomic E-state index is 12.4. The van der Waals surface area contributed by atoms with Gasteiger partial charge in [0, 0.05) is 17.5 Å². The molecule has 0 aliphatic heterocycles. The second-order valence-corrected chi connectivity index (χ2v) is 7.86. The van der Waals surface area contributed by atoms with Crippen LogP contribution in [-0.4, -0.2) is 35.1 Å². The molecule has 0 spiro atoms. The zero-order chi connectivity index (χ0) is 16.5. The standard InChI is InChI=1S/C14H19N3O3S2/c1-9(2)17(10(3)4)22(19,20)16-14(18)13-11-7-5-6-8-12(11)21-15-13/h5-10H,1-4H3,(H,16,18). The molecule has 1 aromatic carbocycles. The molecule has 0 aliphatic rings. The van der Waals surface area contributed by atoms with Crippen LogP contribution >= 0.6 is 11.5 Å². The first kappa shape index (κ1) is 16.9. The molecule has 0 radical (unpaired) electrons. The fraction of sp³-hybridized carbons (Fsp3) is 0.429. The summed E-state index contributed by atoms with van der Waals surface area (Å²) in [5.41, 5.74) is 0.136. The number of carbonyl (C=O) groups excluding carboxylic acids is 1. The maximum absolute atomic E-state index is 12.4. The molecule has 1 heterocycles. The number of aromatic nitrogens is 1. The highest BCUT2D eigenvalue weighted by molar-refractivity contribution is 7.87. The first-order chi connectivity index (χ1) is 10.2. The van der Waals surface area contributed by atoms with Gasteiger partial charge in [0.05, 0.1) is 4.70 Å². The van der Waals surface area contributed by atoms with Crippen molar-refractivity contribution in [3.63, 3.8) is 0 Å². The van der Waals surface area contributed by atoms with Crippen LogP contribution in [0.4, 0.5) is 0 Å². The molecule has 8 heteroatoms. The number of amides is 1. The summed E-state index contributed by atoms with van der Waals surface area (Å²) >= 11 is 1.17. The molecule has 0 bridgehead atoms. The molecule has 0 aliphatic carbocycles. The Balaban J connectivity index is 2.31. The van der Waals surface area contributed by atoms with Gasteiger partial charge in [0.1, 0.15) is 0 Å². The van der Waals surface area contributed by atoms with Crippen LogP contribution in [-0.2, 0) is 10.2 Å². The molecule has 120 valence electrons. The lowest BCUT2D eigenvalue weighted by atomic mass is 10.2. The molecule has 0 atom stereocenters. The van der Waals surface area contributed by atoms with Crippen molar-refractivity contribution in [2.75, 3.05) is 0 Å². The second-order valence-electron chi connectivity index (χ2n) is 5.48. The molecular weight excluding hydrogens is 322 g/mol. The van der Waals surface area contributed by atoms with Crippen molar-refractivity contribution < 1.29 is 13.2 Å². The fourth-order valence-electron chi connectivity index (χ4n) is 2.42. The third-order valence-corrected chi connectivity index (χ3v) is 5.78. The maximum Gasteiger partial charge on any atom is 0.304 e. The largest absolute Gasteiger partial charge is 0.304 e. The summed E-state index contributed by atoms with van der Waals surface area (Å²) in [5, 5.41) is 0.654. The summed E-state index contributed by atoms with van der Waals surface area (Å²) in [6.45, 7) is 7.06. The van der Waals surface area contributed by atoms with Gasteiger partial charge in [-0.1, -0.05) is 18.2 Å². The molecule has 0 saturated carbocycles. The topological polar surface area (TPSA) is 79.4 Å². The monoisotopic (exact) mass is 341 g/mol. The van der Waals surface area contributed by atoms with Crippen molar-refractivity contribution in [2.24, 2.45) is 0 Å². The molecule has 22 heavy (non-hydrogen) atoms. The Bertz CT molecular complexity index is 773. The Labute approximate surface area is 134 Å². The summed E-state index contributed by atoms with van der Waals surface area (Å²) in [6.07, 6.45) is 0. The van der Waals surface area contributed by atoms with Gasteiger partial charge in [0.25, 0.3) is 5.91 Å². The first-order valence-corrected chi connectivity index (χ1v) is 9.15. The Morgan fingerprint density at radius 1 is 1.18 bits per heavy atom. The van der Waals surface area contributed by atoms with Crippen molar-refractivity contribution in [2.45, 2.75) is 39.8 Å². The Hall–Kier alpha value is -1.51. The Morgan fingerprint density at radius 3 is 2.36 bits per heavy atom. The van der Waals surface area contributed by atoms with Gasteiger partial charge in [-0.15, -0.1) is 0 Å². The van der Waals surface area contributed by atoms with Gasteiger partial charge in [-0.3, -0.25) is 4.79 Å². The van der Waals surface area contributed by atoms with Gasteiger partial charge in [-0.2, -0.15) is 17.1 Å². The molecule has 0 unspecified atom stereocenters. The summed E-state index contributed by atoms with van der Waals surface area (Å²) in [5.74, 6) is -0.705. The van der Waals surface area contributed by atoms with Crippen LogP contribution in [0.3, 0.4) is 0 Å². The van der Waals surface area contributed by atoms with Crippen LogP contribution in [0.1, 0.15) is 38.2 Å². The summed E-state index contributed by atoms with van der Waals surface area (Å²) in [4.78, 5) is 12.3. The van der Waals surface area contributed by atoms with Crippen LogP contribution in [0.25, 0.3) is 10.1 Å². The van der Waals surface area contributed by atoms with Crippen LogP contribution in [0.5, 0.6) is 0 Å². The van der Waals surface area contributed by atoms with E-state index in [9.17, 15) is 13.2 Å².